The SMILES string of the molecule is Nc1cncc(C(=O)NCc2cnc[nH]2)n1. The third-order valence-corrected chi connectivity index (χ3v) is 1.88. The lowest BCUT2D eigenvalue weighted by molar-refractivity contribution is 0.0945. The van der Waals surface area contributed by atoms with Gasteiger partial charge in [-0.15, -0.1) is 0 Å². The van der Waals surface area contributed by atoms with Crippen molar-refractivity contribution in [3.8, 4) is 0 Å². The molecule has 0 atom stereocenters. The van der Waals surface area contributed by atoms with Crippen molar-refractivity contribution in [3.63, 3.8) is 0 Å². The quantitative estimate of drug-likeness (QED) is 0.655. The number of hydrogen-bond acceptors (Lipinski definition) is 5. The van der Waals surface area contributed by atoms with E-state index in [2.05, 4.69) is 25.3 Å². The number of hydrogen-bond donors (Lipinski definition) is 3. The van der Waals surface area contributed by atoms with Crippen LogP contribution in [0, 0.1) is 0 Å². The van der Waals surface area contributed by atoms with Gasteiger partial charge in [0.2, 0.25) is 0 Å². The summed E-state index contributed by atoms with van der Waals surface area (Å²) in [5.74, 6) is -0.108. The van der Waals surface area contributed by atoms with Crippen molar-refractivity contribution in [1.29, 1.82) is 0 Å². The van der Waals surface area contributed by atoms with Crippen molar-refractivity contribution >= 4 is 11.7 Å². The smallest absolute Gasteiger partial charge is 0.271 e. The molecule has 16 heavy (non-hydrogen) atoms. The molecule has 0 aliphatic rings. The number of nitrogens with zero attached hydrogens (tertiary/aromatic N) is 3. The van der Waals surface area contributed by atoms with Gasteiger partial charge < -0.3 is 16.0 Å². The zero-order chi connectivity index (χ0) is 11.4. The van der Waals surface area contributed by atoms with Crippen LogP contribution in [0.1, 0.15) is 16.2 Å². The fourth-order valence-corrected chi connectivity index (χ4v) is 1.14. The molecule has 0 fully saturated rings. The van der Waals surface area contributed by atoms with Crippen LogP contribution in [0.4, 0.5) is 5.82 Å². The van der Waals surface area contributed by atoms with E-state index in [-0.39, 0.29) is 17.4 Å². The van der Waals surface area contributed by atoms with Crippen LogP contribution in [-0.2, 0) is 6.54 Å². The number of nitrogen functional groups attached to an aromatic ring is 1. The highest BCUT2D eigenvalue weighted by Gasteiger charge is 2.07. The van der Waals surface area contributed by atoms with Crippen molar-refractivity contribution < 1.29 is 4.79 Å². The van der Waals surface area contributed by atoms with Gasteiger partial charge in [-0.3, -0.25) is 9.78 Å². The van der Waals surface area contributed by atoms with Gasteiger partial charge in [-0.1, -0.05) is 0 Å². The van der Waals surface area contributed by atoms with Gasteiger partial charge in [0.1, 0.15) is 11.5 Å². The van der Waals surface area contributed by atoms with E-state index in [9.17, 15) is 4.79 Å². The van der Waals surface area contributed by atoms with E-state index in [1.54, 1.807) is 12.5 Å². The van der Waals surface area contributed by atoms with Crippen LogP contribution in [0.25, 0.3) is 0 Å². The summed E-state index contributed by atoms with van der Waals surface area (Å²) in [5.41, 5.74) is 6.42. The monoisotopic (exact) mass is 218 g/mol. The standard InChI is InChI=1S/C9H10N6O/c10-8-4-11-3-7(15-8)9(16)13-2-6-1-12-5-14-6/h1,3-5H,2H2,(H2,10,15)(H,12,14)(H,13,16). The summed E-state index contributed by atoms with van der Waals surface area (Å²) in [6, 6.07) is 0. The minimum absolute atomic E-state index is 0.194. The molecule has 0 aliphatic heterocycles. The van der Waals surface area contributed by atoms with E-state index in [1.165, 1.54) is 12.4 Å². The summed E-state index contributed by atoms with van der Waals surface area (Å²) in [6.45, 7) is 0.356. The lowest BCUT2D eigenvalue weighted by Gasteiger charge is -2.02. The average molecular weight is 218 g/mol. The number of amides is 1. The maximum Gasteiger partial charge on any atom is 0.271 e. The topological polar surface area (TPSA) is 110 Å². The molecule has 4 N–H and O–H groups in total. The predicted molar refractivity (Wildman–Crippen MR) is 56.2 cm³/mol. The van der Waals surface area contributed by atoms with Gasteiger partial charge in [-0.2, -0.15) is 0 Å². The van der Waals surface area contributed by atoms with Gasteiger partial charge in [-0.05, 0) is 0 Å². The summed E-state index contributed by atoms with van der Waals surface area (Å²) in [6.07, 6.45) is 5.91. The van der Waals surface area contributed by atoms with Crippen LogP contribution >= 0.6 is 0 Å². The summed E-state index contributed by atoms with van der Waals surface area (Å²) in [7, 11) is 0. The molecule has 0 aromatic carbocycles. The van der Waals surface area contributed by atoms with E-state index in [0.717, 1.165) is 5.69 Å². The molecule has 0 bridgehead atoms. The zero-order valence-corrected chi connectivity index (χ0v) is 8.34. The summed E-state index contributed by atoms with van der Waals surface area (Å²) in [5, 5.41) is 2.66. The van der Waals surface area contributed by atoms with Gasteiger partial charge in [0.25, 0.3) is 5.91 Å². The molecule has 7 nitrogen and oxygen atoms in total. The highest BCUT2D eigenvalue weighted by molar-refractivity contribution is 5.92. The Bertz CT molecular complexity index is 481. The molecule has 0 spiro atoms. The van der Waals surface area contributed by atoms with Crippen LogP contribution in [0.3, 0.4) is 0 Å². The first-order valence-electron chi connectivity index (χ1n) is 4.58. The normalized spacial score (nSPS) is 10.0. The molecule has 2 heterocycles. The molecule has 2 rings (SSSR count). The summed E-state index contributed by atoms with van der Waals surface area (Å²) < 4.78 is 0. The number of aromatic amines is 1. The number of aromatic nitrogens is 4. The van der Waals surface area contributed by atoms with E-state index in [0.29, 0.717) is 6.54 Å². The second-order valence-electron chi connectivity index (χ2n) is 3.09. The van der Waals surface area contributed by atoms with Gasteiger partial charge in [-0.25, -0.2) is 9.97 Å². The first-order chi connectivity index (χ1) is 7.75. The number of rotatable bonds is 3. The number of carbonyl (C=O) groups is 1. The molecule has 2 aromatic rings. The van der Waals surface area contributed by atoms with E-state index in [4.69, 9.17) is 5.73 Å². The van der Waals surface area contributed by atoms with Crippen molar-refractivity contribution in [2.75, 3.05) is 5.73 Å². The molecule has 0 unspecified atom stereocenters. The van der Waals surface area contributed by atoms with Crippen molar-refractivity contribution in [2.45, 2.75) is 6.54 Å². The number of nitrogens with two attached hydrogens (primary N) is 1. The molecule has 7 heteroatoms. The predicted octanol–water partition coefficient (Wildman–Crippen LogP) is -0.288. The molecule has 0 saturated heterocycles. The molecule has 0 radical (unpaired) electrons. The molecule has 82 valence electrons. The van der Waals surface area contributed by atoms with E-state index >= 15 is 0 Å². The lowest BCUT2D eigenvalue weighted by atomic mass is 10.4. The average Bonchev–Trinajstić information content (AvgIpc) is 2.78. The Kier molecular flexibility index (Phi) is 2.77. The van der Waals surface area contributed by atoms with Gasteiger partial charge in [0.15, 0.2) is 0 Å². The Morgan fingerprint density at radius 2 is 2.25 bits per heavy atom. The molecular formula is C9H10N6O. The molecule has 1 amide bonds. The van der Waals surface area contributed by atoms with Crippen molar-refractivity contribution in [2.24, 2.45) is 0 Å². The highest BCUT2D eigenvalue weighted by atomic mass is 16.1. The Morgan fingerprint density at radius 3 is 2.94 bits per heavy atom. The highest BCUT2D eigenvalue weighted by Crippen LogP contribution is 1.98. The Labute approximate surface area is 91.1 Å². The van der Waals surface area contributed by atoms with Crippen LogP contribution in [0.2, 0.25) is 0 Å². The number of nitrogens with one attached hydrogen (secondary N) is 2. The number of imidazole rings is 1. The lowest BCUT2D eigenvalue weighted by Crippen LogP contribution is -2.24. The third-order valence-electron chi connectivity index (χ3n) is 1.88. The zero-order valence-electron chi connectivity index (χ0n) is 8.34. The first-order valence-corrected chi connectivity index (χ1v) is 4.58. The van der Waals surface area contributed by atoms with E-state index < -0.39 is 0 Å². The molecule has 0 aliphatic carbocycles. The Hall–Kier alpha value is -2.44. The Morgan fingerprint density at radius 1 is 1.38 bits per heavy atom. The van der Waals surface area contributed by atoms with Crippen LogP contribution in [0.15, 0.2) is 24.9 Å². The van der Waals surface area contributed by atoms with Crippen LogP contribution < -0.4 is 11.1 Å². The fraction of sp³-hybridized carbons (Fsp3) is 0.111. The van der Waals surface area contributed by atoms with E-state index in [1.807, 2.05) is 0 Å². The summed E-state index contributed by atoms with van der Waals surface area (Å²) in [4.78, 5) is 25.9. The number of carbonyl (C=O) groups excluding carboxylic acids is 1. The Balaban J connectivity index is 1.98. The molecular weight excluding hydrogens is 208 g/mol. The molecule has 2 aromatic heterocycles. The van der Waals surface area contributed by atoms with Gasteiger partial charge >= 0.3 is 0 Å². The van der Waals surface area contributed by atoms with Crippen LogP contribution in [0.5, 0.6) is 0 Å². The fourth-order valence-electron chi connectivity index (χ4n) is 1.14. The minimum Gasteiger partial charge on any atom is -0.382 e. The van der Waals surface area contributed by atoms with Crippen molar-refractivity contribution in [1.82, 2.24) is 25.3 Å². The number of anilines is 1. The second-order valence-corrected chi connectivity index (χ2v) is 3.09. The third kappa shape index (κ3) is 2.32. The maximum absolute atomic E-state index is 11.6. The second kappa shape index (κ2) is 4.39. The van der Waals surface area contributed by atoms with Crippen molar-refractivity contribution in [3.05, 3.63) is 36.3 Å². The van der Waals surface area contributed by atoms with Crippen LogP contribution in [-0.4, -0.2) is 25.8 Å². The molecule has 0 saturated carbocycles. The largest absolute Gasteiger partial charge is 0.382 e. The van der Waals surface area contributed by atoms with Gasteiger partial charge in [0, 0.05) is 6.20 Å². The number of H-pyrrole nitrogens is 1. The summed E-state index contributed by atoms with van der Waals surface area (Å²) >= 11 is 0. The minimum atomic E-state index is -0.325. The first kappa shape index (κ1) is 10.1. The maximum atomic E-state index is 11.6. The van der Waals surface area contributed by atoms with Gasteiger partial charge in [0.05, 0.1) is 31.0 Å².